The number of hydrogen-bond donors (Lipinski definition) is 0. The van der Waals surface area contributed by atoms with Crippen LogP contribution in [-0.4, -0.2) is 11.9 Å². The van der Waals surface area contributed by atoms with Crippen LogP contribution in [0.25, 0.3) is 21.5 Å². The van der Waals surface area contributed by atoms with Crippen LogP contribution in [-0.2, 0) is 17.1 Å². The molecule has 0 saturated heterocycles. The maximum Gasteiger partial charge on any atom is 2.00 e. The van der Waals surface area contributed by atoms with E-state index in [0.717, 1.165) is 0 Å². The number of nitrogens with zero attached hydrogens (tertiary/aromatic N) is 2. The van der Waals surface area contributed by atoms with Gasteiger partial charge < -0.3 is 19.8 Å². The second-order valence-corrected chi connectivity index (χ2v) is 6.21. The monoisotopic (exact) mass is 455 g/mol. The van der Waals surface area contributed by atoms with Crippen molar-refractivity contribution in [2.75, 3.05) is 0 Å². The molecule has 0 aromatic heterocycles. The number of carbonyl (C=O) groups is 2. The molecule has 4 rings (SSSR count). The zero-order valence-corrected chi connectivity index (χ0v) is 16.7. The Kier molecular flexibility index (Phi) is 7.49. The SMILES string of the molecule is N#Cc1ccc(C(=O)[O-])c2ccccc12.N#Cc1ccc(C(=O)[O-])c2ccccc12.[Cu+2]. The summed E-state index contributed by atoms with van der Waals surface area (Å²) in [4.78, 5) is 21.6. The van der Waals surface area contributed by atoms with Gasteiger partial charge in [0.2, 0.25) is 0 Å². The van der Waals surface area contributed by atoms with Crippen LogP contribution in [0.2, 0.25) is 0 Å². The van der Waals surface area contributed by atoms with Crippen LogP contribution < -0.4 is 10.2 Å². The molecule has 0 fully saturated rings. The second-order valence-electron chi connectivity index (χ2n) is 6.21. The molecule has 1 radical (unpaired) electrons. The van der Waals surface area contributed by atoms with Crippen molar-refractivity contribution in [3.63, 3.8) is 0 Å². The summed E-state index contributed by atoms with van der Waals surface area (Å²) in [5.74, 6) is -2.45. The minimum Gasteiger partial charge on any atom is -0.545 e. The van der Waals surface area contributed by atoms with Gasteiger partial charge in [-0.25, -0.2) is 0 Å². The van der Waals surface area contributed by atoms with E-state index in [9.17, 15) is 19.8 Å². The zero-order chi connectivity index (χ0) is 21.7. The molecule has 0 bridgehead atoms. The topological polar surface area (TPSA) is 128 Å². The van der Waals surface area contributed by atoms with Gasteiger partial charge in [0, 0.05) is 21.9 Å². The maximum atomic E-state index is 10.8. The van der Waals surface area contributed by atoms with Crippen LogP contribution in [0.15, 0.2) is 72.8 Å². The molecule has 4 aromatic carbocycles. The third-order valence-electron chi connectivity index (χ3n) is 4.53. The van der Waals surface area contributed by atoms with Crippen LogP contribution in [0, 0.1) is 22.7 Å². The van der Waals surface area contributed by atoms with E-state index in [1.165, 1.54) is 24.3 Å². The average molecular weight is 456 g/mol. The minimum atomic E-state index is -1.23. The Balaban J connectivity index is 0.000000213. The van der Waals surface area contributed by atoms with Crippen LogP contribution in [0.4, 0.5) is 0 Å². The summed E-state index contributed by atoms with van der Waals surface area (Å²) < 4.78 is 0. The first-order chi connectivity index (χ1) is 14.5. The van der Waals surface area contributed by atoms with Gasteiger partial charge in [-0.2, -0.15) is 10.5 Å². The summed E-state index contributed by atoms with van der Waals surface area (Å²) in [6, 6.07) is 23.6. The zero-order valence-electron chi connectivity index (χ0n) is 15.8. The fourth-order valence-corrected chi connectivity index (χ4v) is 3.15. The van der Waals surface area contributed by atoms with Gasteiger partial charge in [-0.15, -0.1) is 0 Å². The van der Waals surface area contributed by atoms with E-state index in [2.05, 4.69) is 0 Å². The van der Waals surface area contributed by atoms with Crippen molar-refractivity contribution in [2.45, 2.75) is 0 Å². The van der Waals surface area contributed by atoms with Crippen molar-refractivity contribution >= 4 is 33.5 Å². The first-order valence-corrected chi connectivity index (χ1v) is 8.74. The Bertz CT molecular complexity index is 1280. The van der Waals surface area contributed by atoms with Gasteiger partial charge in [-0.1, -0.05) is 60.7 Å². The quantitative estimate of drug-likeness (QED) is 0.426. The van der Waals surface area contributed by atoms with Crippen LogP contribution in [0.3, 0.4) is 0 Å². The minimum absolute atomic E-state index is 0. The van der Waals surface area contributed by atoms with Gasteiger partial charge in [0.1, 0.15) is 0 Å². The van der Waals surface area contributed by atoms with Crippen molar-refractivity contribution in [3.8, 4) is 12.1 Å². The summed E-state index contributed by atoms with van der Waals surface area (Å²) >= 11 is 0. The number of aromatic carboxylic acids is 2. The van der Waals surface area contributed by atoms with Crippen molar-refractivity contribution in [1.82, 2.24) is 0 Å². The van der Waals surface area contributed by atoms with Crippen molar-refractivity contribution in [3.05, 3.63) is 95.1 Å². The van der Waals surface area contributed by atoms with Gasteiger partial charge in [0.15, 0.2) is 0 Å². The van der Waals surface area contributed by atoms with Crippen molar-refractivity contribution < 1.29 is 36.9 Å². The Hall–Kier alpha value is -4.16. The molecule has 6 nitrogen and oxygen atoms in total. The molecule has 0 aliphatic rings. The number of fused-ring (bicyclic) bond motifs is 2. The summed E-state index contributed by atoms with van der Waals surface area (Å²) in [7, 11) is 0. The maximum absolute atomic E-state index is 10.8. The van der Waals surface area contributed by atoms with E-state index < -0.39 is 11.9 Å². The molecule has 0 spiro atoms. The fourth-order valence-electron chi connectivity index (χ4n) is 3.15. The first kappa shape index (κ1) is 23.1. The van der Waals surface area contributed by atoms with Gasteiger partial charge in [-0.05, 0) is 22.9 Å². The number of carboxylic acid groups (broad SMARTS) is 2. The Labute approximate surface area is 188 Å². The predicted octanol–water partition coefficient (Wildman–Crippen LogP) is 2.15. The smallest absolute Gasteiger partial charge is 0.545 e. The van der Waals surface area contributed by atoms with Gasteiger partial charge in [-0.3, -0.25) is 0 Å². The Morgan fingerprint density at radius 1 is 0.581 bits per heavy atom. The molecule has 0 atom stereocenters. The molecule has 31 heavy (non-hydrogen) atoms. The Morgan fingerprint density at radius 2 is 0.903 bits per heavy atom. The molecular weight excluding hydrogens is 444 g/mol. The second kappa shape index (κ2) is 10.0. The van der Waals surface area contributed by atoms with Crippen LogP contribution in [0.5, 0.6) is 0 Å². The number of benzene rings is 4. The number of rotatable bonds is 2. The third kappa shape index (κ3) is 4.71. The molecular formula is C24H12CuN2O4. The molecule has 153 valence electrons. The van der Waals surface area contributed by atoms with Crippen molar-refractivity contribution in [1.29, 1.82) is 10.5 Å². The molecule has 0 heterocycles. The normalized spacial score (nSPS) is 9.48. The summed E-state index contributed by atoms with van der Waals surface area (Å²) in [5.41, 5.74) is 1.17. The molecule has 0 aliphatic carbocycles. The molecule has 7 heteroatoms. The Morgan fingerprint density at radius 3 is 1.19 bits per heavy atom. The van der Waals surface area contributed by atoms with E-state index in [0.29, 0.717) is 32.7 Å². The number of carbonyl (C=O) groups excluding carboxylic acids is 2. The van der Waals surface area contributed by atoms with E-state index >= 15 is 0 Å². The van der Waals surface area contributed by atoms with Gasteiger partial charge in [0.05, 0.1) is 35.2 Å². The predicted molar refractivity (Wildman–Crippen MR) is 106 cm³/mol. The molecule has 4 aromatic rings. The summed E-state index contributed by atoms with van der Waals surface area (Å²) in [5, 5.41) is 41.7. The first-order valence-electron chi connectivity index (χ1n) is 8.74. The molecule has 0 aliphatic heterocycles. The molecule has 0 unspecified atom stereocenters. The molecule has 0 saturated carbocycles. The summed E-state index contributed by atoms with van der Waals surface area (Å²) in [6.45, 7) is 0. The van der Waals surface area contributed by atoms with E-state index in [-0.39, 0.29) is 28.2 Å². The molecule has 0 amide bonds. The van der Waals surface area contributed by atoms with E-state index in [4.69, 9.17) is 10.5 Å². The fraction of sp³-hybridized carbons (Fsp3) is 0. The van der Waals surface area contributed by atoms with E-state index in [1.54, 1.807) is 48.5 Å². The standard InChI is InChI=1S/2C12H7NO2.Cu/c2*13-7-8-5-6-11(12(14)15)10-4-2-1-3-9(8)10;/h2*1-6H,(H,14,15);/q;;+2/p-2. The van der Waals surface area contributed by atoms with E-state index in [1.807, 2.05) is 12.1 Å². The number of carboxylic acids is 2. The van der Waals surface area contributed by atoms with Gasteiger partial charge >= 0.3 is 17.1 Å². The van der Waals surface area contributed by atoms with Crippen molar-refractivity contribution in [2.24, 2.45) is 0 Å². The van der Waals surface area contributed by atoms with Gasteiger partial charge in [0.25, 0.3) is 0 Å². The summed E-state index contributed by atoms with van der Waals surface area (Å²) in [6.07, 6.45) is 0. The number of nitriles is 2. The average Bonchev–Trinajstić information content (AvgIpc) is 2.77. The van der Waals surface area contributed by atoms with Crippen LogP contribution >= 0.6 is 0 Å². The number of hydrogen-bond acceptors (Lipinski definition) is 6. The van der Waals surface area contributed by atoms with Crippen LogP contribution in [0.1, 0.15) is 31.8 Å². The largest absolute Gasteiger partial charge is 2.00 e. The molecule has 0 N–H and O–H groups in total. The third-order valence-corrected chi connectivity index (χ3v) is 4.53.